The minimum Gasteiger partial charge on any atom is -0.355 e. The van der Waals surface area contributed by atoms with Crippen molar-refractivity contribution >= 4 is 15.9 Å². The molecule has 2 N–H and O–H groups in total. The number of aromatic nitrogens is 2. The van der Waals surface area contributed by atoms with E-state index in [1.54, 1.807) is 6.92 Å². The summed E-state index contributed by atoms with van der Waals surface area (Å²) in [6.07, 6.45) is 2.05. The van der Waals surface area contributed by atoms with Crippen molar-refractivity contribution in [3.63, 3.8) is 0 Å². The number of sulfonamides is 1. The van der Waals surface area contributed by atoms with E-state index >= 15 is 0 Å². The molecule has 7 nitrogen and oxygen atoms in total. The van der Waals surface area contributed by atoms with E-state index in [2.05, 4.69) is 15.3 Å². The molecule has 0 saturated carbocycles. The number of amides is 1. The van der Waals surface area contributed by atoms with Crippen LogP contribution in [-0.4, -0.2) is 48.7 Å². The summed E-state index contributed by atoms with van der Waals surface area (Å²) in [6.45, 7) is 3.91. The number of rotatable bonds is 6. The first-order chi connectivity index (χ1) is 8.37. The molecule has 0 aliphatic heterocycles. The van der Waals surface area contributed by atoms with Gasteiger partial charge in [-0.25, -0.2) is 13.4 Å². The third-order valence-corrected chi connectivity index (χ3v) is 4.02. The van der Waals surface area contributed by atoms with Crippen molar-refractivity contribution in [2.75, 3.05) is 20.1 Å². The second-order valence-corrected chi connectivity index (χ2v) is 5.96. The number of nitrogens with zero attached hydrogens (tertiary/aromatic N) is 2. The molecule has 1 amide bonds. The quantitative estimate of drug-likeness (QED) is 0.755. The summed E-state index contributed by atoms with van der Waals surface area (Å²) in [6, 6.07) is 0. The molecule has 0 fully saturated rings. The van der Waals surface area contributed by atoms with Gasteiger partial charge in [0.15, 0.2) is 5.03 Å². The molecule has 1 aromatic heterocycles. The molecular formula is C10H18N4O3S. The van der Waals surface area contributed by atoms with Crippen LogP contribution in [-0.2, 0) is 14.8 Å². The average molecular weight is 274 g/mol. The van der Waals surface area contributed by atoms with E-state index in [-0.39, 0.29) is 17.5 Å². The Bertz CT molecular complexity index is 509. The van der Waals surface area contributed by atoms with E-state index in [4.69, 9.17) is 0 Å². The van der Waals surface area contributed by atoms with Crippen molar-refractivity contribution in [2.24, 2.45) is 0 Å². The van der Waals surface area contributed by atoms with Gasteiger partial charge >= 0.3 is 0 Å². The molecule has 0 aliphatic carbocycles. The third-order valence-electron chi connectivity index (χ3n) is 2.31. The molecule has 0 unspecified atom stereocenters. The lowest BCUT2D eigenvalue weighted by atomic mass is 10.4. The van der Waals surface area contributed by atoms with Gasteiger partial charge in [-0.1, -0.05) is 6.92 Å². The molecule has 1 heterocycles. The number of carbonyl (C=O) groups is 1. The monoisotopic (exact) mass is 274 g/mol. The lowest BCUT2D eigenvalue weighted by molar-refractivity contribution is -0.121. The highest BCUT2D eigenvalue weighted by Crippen LogP contribution is 2.10. The first kappa shape index (κ1) is 14.7. The number of imidazole rings is 1. The maximum atomic E-state index is 12.0. The van der Waals surface area contributed by atoms with Crippen LogP contribution in [0.1, 0.15) is 19.2 Å². The van der Waals surface area contributed by atoms with Crippen LogP contribution in [0.25, 0.3) is 0 Å². The zero-order chi connectivity index (χ0) is 13.8. The van der Waals surface area contributed by atoms with Gasteiger partial charge in [0, 0.05) is 13.6 Å². The van der Waals surface area contributed by atoms with Gasteiger partial charge in [-0.15, -0.1) is 0 Å². The van der Waals surface area contributed by atoms with Crippen LogP contribution in [0.15, 0.2) is 11.2 Å². The summed E-state index contributed by atoms with van der Waals surface area (Å²) >= 11 is 0. The van der Waals surface area contributed by atoms with Crippen LogP contribution in [0, 0.1) is 6.92 Å². The zero-order valence-corrected chi connectivity index (χ0v) is 11.5. The number of H-pyrrole nitrogens is 1. The Kier molecular flexibility index (Phi) is 4.85. The summed E-state index contributed by atoms with van der Waals surface area (Å²) in [5, 5.41) is 2.61. The lowest BCUT2D eigenvalue weighted by Crippen LogP contribution is -2.38. The predicted octanol–water partition coefficient (Wildman–Crippen LogP) is -0.135. The molecule has 102 valence electrons. The molecule has 0 aromatic carbocycles. The Morgan fingerprint density at radius 3 is 2.72 bits per heavy atom. The van der Waals surface area contributed by atoms with Crippen molar-refractivity contribution < 1.29 is 13.2 Å². The maximum absolute atomic E-state index is 12.0. The largest absolute Gasteiger partial charge is 0.355 e. The van der Waals surface area contributed by atoms with E-state index < -0.39 is 10.0 Å². The van der Waals surface area contributed by atoms with E-state index in [0.717, 1.165) is 10.7 Å². The van der Waals surface area contributed by atoms with Crippen molar-refractivity contribution in [2.45, 2.75) is 25.3 Å². The van der Waals surface area contributed by atoms with Gasteiger partial charge < -0.3 is 10.3 Å². The molecule has 0 bridgehead atoms. The molecule has 1 rings (SSSR count). The summed E-state index contributed by atoms with van der Waals surface area (Å²) in [7, 11) is -2.33. The van der Waals surface area contributed by atoms with E-state index in [1.165, 1.54) is 13.2 Å². The van der Waals surface area contributed by atoms with Crippen LogP contribution in [0.3, 0.4) is 0 Å². The number of nitrogens with one attached hydrogen (secondary N) is 2. The molecule has 18 heavy (non-hydrogen) atoms. The summed E-state index contributed by atoms with van der Waals surface area (Å²) in [5.41, 5.74) is 0. The van der Waals surface area contributed by atoms with Crippen molar-refractivity contribution in [3.8, 4) is 0 Å². The smallest absolute Gasteiger partial charge is 0.260 e. The maximum Gasteiger partial charge on any atom is 0.260 e. The van der Waals surface area contributed by atoms with Crippen molar-refractivity contribution in [1.29, 1.82) is 0 Å². The Morgan fingerprint density at radius 1 is 1.56 bits per heavy atom. The molecular weight excluding hydrogens is 256 g/mol. The lowest BCUT2D eigenvalue weighted by Gasteiger charge is -2.15. The first-order valence-electron chi connectivity index (χ1n) is 5.62. The zero-order valence-electron chi connectivity index (χ0n) is 10.7. The number of hydrogen-bond donors (Lipinski definition) is 2. The fourth-order valence-electron chi connectivity index (χ4n) is 1.30. The first-order valence-corrected chi connectivity index (χ1v) is 7.06. The number of carbonyl (C=O) groups excluding carboxylic acids is 1. The van der Waals surface area contributed by atoms with Gasteiger partial charge in [0.1, 0.15) is 5.82 Å². The molecule has 8 heteroatoms. The van der Waals surface area contributed by atoms with Crippen LogP contribution in [0.2, 0.25) is 0 Å². The Hall–Kier alpha value is -1.41. The second-order valence-electron chi connectivity index (χ2n) is 3.94. The van der Waals surface area contributed by atoms with E-state index in [9.17, 15) is 13.2 Å². The third kappa shape index (κ3) is 3.54. The minimum atomic E-state index is -3.68. The Labute approximate surface area is 107 Å². The Balaban J connectivity index is 2.71. The molecule has 0 saturated heterocycles. The molecule has 0 aliphatic rings. The average Bonchev–Trinajstić information content (AvgIpc) is 2.73. The standard InChI is InChI=1S/C10H18N4O3S/c1-4-5-11-9(15)7-14(3)18(16,17)10-6-12-8(2)13-10/h6H,4-5,7H2,1-3H3,(H,11,15)(H,12,13). The summed E-state index contributed by atoms with van der Waals surface area (Å²) in [4.78, 5) is 17.9. The highest BCUT2D eigenvalue weighted by atomic mass is 32.2. The van der Waals surface area contributed by atoms with Gasteiger partial charge in [-0.3, -0.25) is 4.79 Å². The SMILES string of the molecule is CCCNC(=O)CN(C)S(=O)(=O)c1cnc(C)[nH]1. The molecule has 0 radical (unpaired) electrons. The summed E-state index contributed by atoms with van der Waals surface area (Å²) in [5.74, 6) is 0.191. The van der Waals surface area contributed by atoms with E-state index in [0.29, 0.717) is 12.4 Å². The Morgan fingerprint density at radius 2 is 2.22 bits per heavy atom. The van der Waals surface area contributed by atoms with Crippen LogP contribution < -0.4 is 5.32 Å². The topological polar surface area (TPSA) is 95.2 Å². The summed E-state index contributed by atoms with van der Waals surface area (Å²) < 4.78 is 25.0. The van der Waals surface area contributed by atoms with Crippen LogP contribution in [0.4, 0.5) is 0 Å². The van der Waals surface area contributed by atoms with Gasteiger partial charge in [-0.05, 0) is 13.3 Å². The van der Waals surface area contributed by atoms with Crippen molar-refractivity contribution in [1.82, 2.24) is 19.6 Å². The van der Waals surface area contributed by atoms with Gasteiger partial charge in [0.2, 0.25) is 5.91 Å². The normalized spacial score (nSPS) is 11.8. The minimum absolute atomic E-state index is 0.00853. The number of likely N-dealkylation sites (N-methyl/N-ethyl adjacent to an activating group) is 1. The van der Waals surface area contributed by atoms with Crippen LogP contribution >= 0.6 is 0 Å². The molecule has 1 aromatic rings. The van der Waals surface area contributed by atoms with Gasteiger partial charge in [0.05, 0.1) is 12.7 Å². The van der Waals surface area contributed by atoms with Gasteiger partial charge in [0.25, 0.3) is 10.0 Å². The number of hydrogen-bond acceptors (Lipinski definition) is 4. The number of aromatic amines is 1. The fraction of sp³-hybridized carbons (Fsp3) is 0.600. The van der Waals surface area contributed by atoms with Gasteiger partial charge in [-0.2, -0.15) is 4.31 Å². The highest BCUT2D eigenvalue weighted by molar-refractivity contribution is 7.89. The van der Waals surface area contributed by atoms with Crippen LogP contribution in [0.5, 0.6) is 0 Å². The molecule has 0 atom stereocenters. The second kappa shape index (κ2) is 5.96. The highest BCUT2D eigenvalue weighted by Gasteiger charge is 2.24. The predicted molar refractivity (Wildman–Crippen MR) is 66.4 cm³/mol. The van der Waals surface area contributed by atoms with E-state index in [1.807, 2.05) is 6.92 Å². The fourth-order valence-corrected chi connectivity index (χ4v) is 2.39. The molecule has 0 spiro atoms. The number of aryl methyl sites for hydroxylation is 1. The van der Waals surface area contributed by atoms with Crippen molar-refractivity contribution in [3.05, 3.63) is 12.0 Å².